The summed E-state index contributed by atoms with van der Waals surface area (Å²) in [6.07, 6.45) is 1.13. The lowest BCUT2D eigenvalue weighted by Gasteiger charge is -1.98. The molecule has 0 aliphatic heterocycles. The molecule has 0 bridgehead atoms. The molecule has 1 aromatic heterocycles. The summed E-state index contributed by atoms with van der Waals surface area (Å²) in [6.45, 7) is 1.85. The summed E-state index contributed by atoms with van der Waals surface area (Å²) in [5.74, 6) is 0.00806. The van der Waals surface area contributed by atoms with E-state index in [1.54, 1.807) is 6.07 Å². The van der Waals surface area contributed by atoms with Crippen LogP contribution in [0.25, 0.3) is 5.76 Å². The number of aliphatic hydroxyl groups is 1. The Balaban J connectivity index is 3.06. The molecule has 3 nitrogen and oxygen atoms in total. The molecule has 0 saturated heterocycles. The quantitative estimate of drug-likeness (QED) is 0.591. The van der Waals surface area contributed by atoms with Crippen molar-refractivity contribution in [3.63, 3.8) is 0 Å². The standard InChI is InChI=1S/C8H10N2O/c1-6-3-2-4-7(10-6)8(11)5-9/h2-5,11H,9H2,1H3/b8-5-. The van der Waals surface area contributed by atoms with Crippen molar-refractivity contribution in [2.24, 2.45) is 5.73 Å². The molecule has 0 aliphatic rings. The molecule has 1 rings (SSSR count). The van der Waals surface area contributed by atoms with Gasteiger partial charge < -0.3 is 10.8 Å². The number of hydrogen-bond acceptors (Lipinski definition) is 3. The van der Waals surface area contributed by atoms with Crippen LogP contribution in [0.4, 0.5) is 0 Å². The number of aliphatic hydroxyl groups excluding tert-OH is 1. The highest BCUT2D eigenvalue weighted by molar-refractivity contribution is 5.53. The van der Waals surface area contributed by atoms with Crippen LogP contribution in [0.3, 0.4) is 0 Å². The summed E-state index contributed by atoms with van der Waals surface area (Å²) < 4.78 is 0. The van der Waals surface area contributed by atoms with Crippen LogP contribution in [0.2, 0.25) is 0 Å². The fraction of sp³-hybridized carbons (Fsp3) is 0.125. The molecule has 0 saturated carbocycles. The van der Waals surface area contributed by atoms with Crippen molar-refractivity contribution >= 4 is 5.76 Å². The minimum atomic E-state index is 0.00806. The number of nitrogens with zero attached hydrogens (tertiary/aromatic N) is 1. The van der Waals surface area contributed by atoms with Crippen molar-refractivity contribution in [3.05, 3.63) is 35.8 Å². The number of rotatable bonds is 1. The molecule has 58 valence electrons. The van der Waals surface area contributed by atoms with E-state index >= 15 is 0 Å². The molecule has 0 radical (unpaired) electrons. The van der Waals surface area contributed by atoms with Gasteiger partial charge in [-0.25, -0.2) is 4.98 Å². The summed E-state index contributed by atoms with van der Waals surface area (Å²) in [5, 5.41) is 9.13. The zero-order valence-electron chi connectivity index (χ0n) is 6.28. The Bertz CT molecular complexity index is 281. The van der Waals surface area contributed by atoms with Crippen molar-refractivity contribution < 1.29 is 5.11 Å². The third-order valence-electron chi connectivity index (χ3n) is 1.31. The topological polar surface area (TPSA) is 59.1 Å². The van der Waals surface area contributed by atoms with Crippen molar-refractivity contribution in [2.45, 2.75) is 6.92 Å². The van der Waals surface area contributed by atoms with Crippen LogP contribution in [-0.2, 0) is 0 Å². The molecule has 0 spiro atoms. The van der Waals surface area contributed by atoms with Gasteiger partial charge in [-0.05, 0) is 19.1 Å². The summed E-state index contributed by atoms with van der Waals surface area (Å²) in [7, 11) is 0. The molecule has 3 N–H and O–H groups in total. The highest BCUT2D eigenvalue weighted by Gasteiger charge is 1.97. The lowest BCUT2D eigenvalue weighted by atomic mass is 10.3. The second-order valence-corrected chi connectivity index (χ2v) is 2.22. The van der Waals surface area contributed by atoms with Crippen LogP contribution in [0.15, 0.2) is 24.4 Å². The minimum Gasteiger partial charge on any atom is -0.504 e. The normalized spacial score (nSPS) is 11.5. The van der Waals surface area contributed by atoms with Gasteiger partial charge in [-0.2, -0.15) is 0 Å². The zero-order valence-corrected chi connectivity index (χ0v) is 6.28. The van der Waals surface area contributed by atoms with Gasteiger partial charge in [0.05, 0.1) is 0 Å². The van der Waals surface area contributed by atoms with E-state index in [0.717, 1.165) is 11.9 Å². The lowest BCUT2D eigenvalue weighted by molar-refractivity contribution is 0.507. The molecule has 3 heteroatoms. The van der Waals surface area contributed by atoms with Gasteiger partial charge in [-0.3, -0.25) is 0 Å². The van der Waals surface area contributed by atoms with Crippen molar-refractivity contribution in [3.8, 4) is 0 Å². The third kappa shape index (κ3) is 1.70. The van der Waals surface area contributed by atoms with E-state index in [4.69, 9.17) is 10.8 Å². The maximum Gasteiger partial charge on any atom is 0.156 e. The molecule has 0 atom stereocenters. The van der Waals surface area contributed by atoms with E-state index in [0.29, 0.717) is 5.69 Å². The predicted octanol–water partition coefficient (Wildman–Crippen LogP) is 1.21. The summed E-state index contributed by atoms with van der Waals surface area (Å²) in [5.41, 5.74) is 6.47. The summed E-state index contributed by atoms with van der Waals surface area (Å²) in [6, 6.07) is 5.37. The average molecular weight is 150 g/mol. The number of hydrogen-bond donors (Lipinski definition) is 2. The molecular formula is C8H10N2O. The fourth-order valence-corrected chi connectivity index (χ4v) is 0.771. The Morgan fingerprint density at radius 2 is 2.36 bits per heavy atom. The van der Waals surface area contributed by atoms with Gasteiger partial charge in [0, 0.05) is 11.9 Å². The average Bonchev–Trinajstić information content (AvgIpc) is 2.03. The first kappa shape index (κ1) is 7.60. The van der Waals surface area contributed by atoms with Gasteiger partial charge in [0.15, 0.2) is 5.76 Å². The molecule has 0 amide bonds. The molecule has 0 fully saturated rings. The van der Waals surface area contributed by atoms with Gasteiger partial charge >= 0.3 is 0 Å². The molecule has 0 aliphatic carbocycles. The molecule has 0 aromatic carbocycles. The van der Waals surface area contributed by atoms with Gasteiger partial charge in [0.1, 0.15) is 5.69 Å². The van der Waals surface area contributed by atoms with Crippen LogP contribution >= 0.6 is 0 Å². The first-order chi connectivity index (χ1) is 5.24. The van der Waals surface area contributed by atoms with Crippen molar-refractivity contribution in [1.29, 1.82) is 0 Å². The summed E-state index contributed by atoms with van der Waals surface area (Å²) >= 11 is 0. The minimum absolute atomic E-state index is 0.00806. The second-order valence-electron chi connectivity index (χ2n) is 2.22. The zero-order chi connectivity index (χ0) is 8.27. The van der Waals surface area contributed by atoms with E-state index in [9.17, 15) is 0 Å². The number of aryl methyl sites for hydroxylation is 1. The Morgan fingerprint density at radius 3 is 2.91 bits per heavy atom. The van der Waals surface area contributed by atoms with Gasteiger partial charge in [-0.1, -0.05) is 6.07 Å². The van der Waals surface area contributed by atoms with Crippen molar-refractivity contribution in [2.75, 3.05) is 0 Å². The molecular weight excluding hydrogens is 140 g/mol. The predicted molar refractivity (Wildman–Crippen MR) is 43.8 cm³/mol. The van der Waals surface area contributed by atoms with Crippen LogP contribution in [0.5, 0.6) is 0 Å². The van der Waals surface area contributed by atoms with E-state index in [1.807, 2.05) is 19.1 Å². The summed E-state index contributed by atoms with van der Waals surface area (Å²) in [4.78, 5) is 4.05. The van der Waals surface area contributed by atoms with Crippen molar-refractivity contribution in [1.82, 2.24) is 4.98 Å². The first-order valence-corrected chi connectivity index (χ1v) is 3.29. The maximum atomic E-state index is 9.13. The first-order valence-electron chi connectivity index (χ1n) is 3.29. The monoisotopic (exact) mass is 150 g/mol. The van der Waals surface area contributed by atoms with Gasteiger partial charge in [-0.15, -0.1) is 0 Å². The largest absolute Gasteiger partial charge is 0.504 e. The highest BCUT2D eigenvalue weighted by atomic mass is 16.3. The second kappa shape index (κ2) is 3.05. The number of nitrogens with two attached hydrogens (primary N) is 1. The Morgan fingerprint density at radius 1 is 1.64 bits per heavy atom. The lowest BCUT2D eigenvalue weighted by Crippen LogP contribution is -1.92. The fourth-order valence-electron chi connectivity index (χ4n) is 0.771. The van der Waals surface area contributed by atoms with Crippen LogP contribution in [-0.4, -0.2) is 10.1 Å². The molecule has 1 heterocycles. The molecule has 1 aromatic rings. The van der Waals surface area contributed by atoms with E-state index in [1.165, 1.54) is 0 Å². The smallest absolute Gasteiger partial charge is 0.156 e. The van der Waals surface area contributed by atoms with Crippen LogP contribution in [0, 0.1) is 6.92 Å². The van der Waals surface area contributed by atoms with E-state index in [-0.39, 0.29) is 5.76 Å². The van der Waals surface area contributed by atoms with E-state index in [2.05, 4.69) is 4.98 Å². The van der Waals surface area contributed by atoms with Crippen LogP contribution in [0.1, 0.15) is 11.4 Å². The van der Waals surface area contributed by atoms with E-state index < -0.39 is 0 Å². The number of pyridine rings is 1. The third-order valence-corrected chi connectivity index (χ3v) is 1.31. The van der Waals surface area contributed by atoms with Crippen LogP contribution < -0.4 is 5.73 Å². The van der Waals surface area contributed by atoms with Gasteiger partial charge in [0.25, 0.3) is 0 Å². The Hall–Kier alpha value is -1.51. The molecule has 11 heavy (non-hydrogen) atoms. The Labute approximate surface area is 65.2 Å². The highest BCUT2D eigenvalue weighted by Crippen LogP contribution is 2.06. The number of aromatic nitrogens is 1. The Kier molecular flexibility index (Phi) is 2.11. The SMILES string of the molecule is Cc1cccc(/C(O)=C/N)n1. The molecule has 0 unspecified atom stereocenters. The maximum absolute atomic E-state index is 9.13. The van der Waals surface area contributed by atoms with Gasteiger partial charge in [0.2, 0.25) is 0 Å².